The van der Waals surface area contributed by atoms with Crippen LogP contribution in [0.1, 0.15) is 10.4 Å². The summed E-state index contributed by atoms with van der Waals surface area (Å²) in [6.07, 6.45) is 0.0269. The molecule has 7 nitrogen and oxygen atoms in total. The summed E-state index contributed by atoms with van der Waals surface area (Å²) in [4.78, 5) is 33.8. The van der Waals surface area contributed by atoms with Gasteiger partial charge < -0.3 is 19.7 Å². The van der Waals surface area contributed by atoms with Crippen molar-refractivity contribution in [3.63, 3.8) is 0 Å². The number of aryl methyl sites for hydroxylation is 1. The van der Waals surface area contributed by atoms with Crippen LogP contribution in [0.2, 0.25) is 0 Å². The molecular formula is C11H14N2O5. The van der Waals surface area contributed by atoms with Crippen LogP contribution in [-0.2, 0) is 16.6 Å². The van der Waals surface area contributed by atoms with Gasteiger partial charge in [-0.05, 0) is 6.07 Å². The maximum atomic E-state index is 11.6. The molecule has 1 rings (SSSR count). The first kappa shape index (κ1) is 13.9. The summed E-state index contributed by atoms with van der Waals surface area (Å²) >= 11 is 0. The molecule has 0 saturated heterocycles. The highest BCUT2D eigenvalue weighted by Crippen LogP contribution is 1.94. The van der Waals surface area contributed by atoms with Crippen LogP contribution in [0.3, 0.4) is 0 Å². The third-order valence-corrected chi connectivity index (χ3v) is 2.30. The first-order valence-corrected chi connectivity index (χ1v) is 5.16. The van der Waals surface area contributed by atoms with E-state index in [0.29, 0.717) is 0 Å². The van der Waals surface area contributed by atoms with Crippen LogP contribution < -0.4 is 10.9 Å². The molecule has 0 aliphatic heterocycles. The van der Waals surface area contributed by atoms with E-state index in [1.165, 1.54) is 22.9 Å². The van der Waals surface area contributed by atoms with Gasteiger partial charge in [-0.3, -0.25) is 9.59 Å². The fraction of sp³-hybridized carbons (Fsp3) is 0.364. The van der Waals surface area contributed by atoms with E-state index in [0.717, 1.165) is 7.11 Å². The smallest absolute Gasteiger partial charge is 0.336 e. The van der Waals surface area contributed by atoms with Crippen molar-refractivity contribution in [3.8, 4) is 0 Å². The van der Waals surface area contributed by atoms with E-state index in [1.807, 2.05) is 0 Å². The Bertz CT molecular complexity index is 508. The molecule has 1 unspecified atom stereocenters. The lowest BCUT2D eigenvalue weighted by Crippen LogP contribution is -2.37. The average Bonchev–Trinajstić information content (AvgIpc) is 2.37. The Morgan fingerprint density at radius 3 is 2.78 bits per heavy atom. The number of esters is 1. The molecule has 0 aliphatic rings. The SMILES string of the molecule is COC(=O)C(O)CNC(=O)c1ccn(C)c(=O)c1. The lowest BCUT2D eigenvalue weighted by molar-refractivity contribution is -0.149. The molecule has 7 heteroatoms. The minimum absolute atomic E-state index is 0.162. The molecule has 0 aliphatic carbocycles. The molecule has 1 aromatic rings. The van der Waals surface area contributed by atoms with E-state index >= 15 is 0 Å². The number of carbonyl (C=O) groups excluding carboxylic acids is 2. The van der Waals surface area contributed by atoms with Crippen LogP contribution in [0.5, 0.6) is 0 Å². The van der Waals surface area contributed by atoms with Crippen molar-refractivity contribution in [1.29, 1.82) is 0 Å². The average molecular weight is 254 g/mol. The molecule has 1 heterocycles. The second kappa shape index (κ2) is 5.97. The zero-order valence-corrected chi connectivity index (χ0v) is 10.0. The van der Waals surface area contributed by atoms with E-state index in [4.69, 9.17) is 0 Å². The number of ether oxygens (including phenoxy) is 1. The predicted octanol–water partition coefficient (Wildman–Crippen LogP) is -1.35. The summed E-state index contributed by atoms with van der Waals surface area (Å²) in [5, 5.41) is 11.6. The Hall–Kier alpha value is -2.15. The van der Waals surface area contributed by atoms with Crippen molar-refractivity contribution >= 4 is 11.9 Å². The van der Waals surface area contributed by atoms with Crippen LogP contribution in [0.4, 0.5) is 0 Å². The molecule has 2 N–H and O–H groups in total. The van der Waals surface area contributed by atoms with Gasteiger partial charge in [0.15, 0.2) is 6.10 Å². The standard InChI is InChI=1S/C11H14N2O5/c1-13-4-3-7(5-9(13)15)10(16)12-6-8(14)11(17)18-2/h3-5,8,14H,6H2,1-2H3,(H,12,16). The molecule has 1 atom stereocenters. The Labute approximate surface area is 103 Å². The number of aliphatic hydroxyl groups excluding tert-OH is 1. The minimum Gasteiger partial charge on any atom is -0.467 e. The van der Waals surface area contributed by atoms with Gasteiger partial charge in [0.1, 0.15) is 0 Å². The summed E-state index contributed by atoms with van der Waals surface area (Å²) in [5.41, 5.74) is -0.161. The third-order valence-electron chi connectivity index (χ3n) is 2.30. The zero-order chi connectivity index (χ0) is 13.7. The Morgan fingerprint density at radius 1 is 1.56 bits per heavy atom. The van der Waals surface area contributed by atoms with Crippen LogP contribution in [0, 0.1) is 0 Å². The number of methoxy groups -OCH3 is 1. The van der Waals surface area contributed by atoms with Gasteiger partial charge in [0.05, 0.1) is 13.7 Å². The van der Waals surface area contributed by atoms with Crippen molar-refractivity contribution in [2.24, 2.45) is 7.05 Å². The highest BCUT2D eigenvalue weighted by Gasteiger charge is 2.16. The van der Waals surface area contributed by atoms with Crippen LogP contribution in [0.25, 0.3) is 0 Å². The topological polar surface area (TPSA) is 97.6 Å². The lowest BCUT2D eigenvalue weighted by Gasteiger charge is -2.09. The molecule has 0 spiro atoms. The molecule has 1 amide bonds. The van der Waals surface area contributed by atoms with Crippen LogP contribution in [0.15, 0.2) is 23.1 Å². The normalized spacial score (nSPS) is 11.7. The summed E-state index contributed by atoms with van der Waals surface area (Å²) in [6, 6.07) is 2.63. The van der Waals surface area contributed by atoms with Crippen molar-refractivity contribution < 1.29 is 19.4 Å². The van der Waals surface area contributed by atoms with Crippen LogP contribution >= 0.6 is 0 Å². The summed E-state index contributed by atoms with van der Waals surface area (Å²) in [5.74, 6) is -1.38. The zero-order valence-electron chi connectivity index (χ0n) is 10.0. The number of hydrogen-bond acceptors (Lipinski definition) is 5. The number of hydrogen-bond donors (Lipinski definition) is 2. The summed E-state index contributed by atoms with van der Waals surface area (Å²) < 4.78 is 5.61. The number of pyridine rings is 1. The fourth-order valence-corrected chi connectivity index (χ4v) is 1.20. The first-order valence-electron chi connectivity index (χ1n) is 5.16. The highest BCUT2D eigenvalue weighted by atomic mass is 16.5. The lowest BCUT2D eigenvalue weighted by atomic mass is 10.2. The fourth-order valence-electron chi connectivity index (χ4n) is 1.20. The van der Waals surface area contributed by atoms with E-state index in [-0.39, 0.29) is 17.7 Å². The summed E-state index contributed by atoms with van der Waals surface area (Å²) in [7, 11) is 2.69. The van der Waals surface area contributed by atoms with Gasteiger partial charge in [-0.15, -0.1) is 0 Å². The number of nitrogens with one attached hydrogen (secondary N) is 1. The summed E-state index contributed by atoms with van der Waals surface area (Å²) in [6.45, 7) is -0.277. The Morgan fingerprint density at radius 2 is 2.22 bits per heavy atom. The van der Waals surface area contributed by atoms with E-state index in [9.17, 15) is 19.5 Å². The van der Waals surface area contributed by atoms with Gasteiger partial charge in [0.25, 0.3) is 11.5 Å². The second-order valence-electron chi connectivity index (χ2n) is 3.61. The van der Waals surface area contributed by atoms with Crippen molar-refractivity contribution in [2.45, 2.75) is 6.10 Å². The maximum Gasteiger partial charge on any atom is 0.336 e. The maximum absolute atomic E-state index is 11.6. The predicted molar refractivity (Wildman–Crippen MR) is 62.0 cm³/mol. The highest BCUT2D eigenvalue weighted by molar-refractivity contribution is 5.94. The van der Waals surface area contributed by atoms with Gasteiger partial charge in [-0.25, -0.2) is 4.79 Å². The number of nitrogens with zero attached hydrogens (tertiary/aromatic N) is 1. The van der Waals surface area contributed by atoms with E-state index in [2.05, 4.69) is 10.1 Å². The van der Waals surface area contributed by atoms with Gasteiger partial charge in [0.2, 0.25) is 0 Å². The molecule has 0 saturated carbocycles. The number of amides is 1. The third kappa shape index (κ3) is 3.42. The largest absolute Gasteiger partial charge is 0.467 e. The van der Waals surface area contributed by atoms with Gasteiger partial charge in [0, 0.05) is 24.9 Å². The number of rotatable bonds is 4. The van der Waals surface area contributed by atoms with Crippen molar-refractivity contribution in [3.05, 3.63) is 34.2 Å². The van der Waals surface area contributed by atoms with Crippen molar-refractivity contribution in [1.82, 2.24) is 9.88 Å². The van der Waals surface area contributed by atoms with E-state index < -0.39 is 18.0 Å². The minimum atomic E-state index is -1.43. The molecule has 0 bridgehead atoms. The Balaban J connectivity index is 2.63. The molecule has 0 radical (unpaired) electrons. The van der Waals surface area contributed by atoms with Gasteiger partial charge in [-0.1, -0.05) is 0 Å². The van der Waals surface area contributed by atoms with Crippen LogP contribution in [-0.4, -0.2) is 41.3 Å². The molecule has 0 fully saturated rings. The molecule has 1 aromatic heterocycles. The first-order chi connectivity index (χ1) is 8.45. The van der Waals surface area contributed by atoms with Crippen molar-refractivity contribution in [2.75, 3.05) is 13.7 Å². The van der Waals surface area contributed by atoms with Gasteiger partial charge in [-0.2, -0.15) is 0 Å². The molecule has 98 valence electrons. The molecule has 0 aromatic carbocycles. The monoisotopic (exact) mass is 254 g/mol. The quantitative estimate of drug-likeness (QED) is 0.647. The number of aromatic nitrogens is 1. The molecule has 18 heavy (non-hydrogen) atoms. The number of aliphatic hydroxyl groups is 1. The molecular weight excluding hydrogens is 240 g/mol. The Kier molecular flexibility index (Phi) is 4.61. The van der Waals surface area contributed by atoms with E-state index in [1.54, 1.807) is 7.05 Å². The second-order valence-corrected chi connectivity index (χ2v) is 3.61. The number of carbonyl (C=O) groups is 2. The van der Waals surface area contributed by atoms with Gasteiger partial charge >= 0.3 is 5.97 Å².